The van der Waals surface area contributed by atoms with Crippen LogP contribution in [0.4, 0.5) is 4.39 Å². The Hall–Kier alpha value is -2.19. The smallest absolute Gasteiger partial charge is 0.271 e. The molecule has 1 atom stereocenters. The number of amides is 1. The van der Waals surface area contributed by atoms with Crippen molar-refractivity contribution in [3.05, 3.63) is 63.3 Å². The molecule has 3 aromatic rings. The van der Waals surface area contributed by atoms with Crippen molar-refractivity contribution in [2.75, 3.05) is 5.75 Å². The summed E-state index contributed by atoms with van der Waals surface area (Å²) >= 11 is 2.96. The Morgan fingerprint density at radius 3 is 3.17 bits per heavy atom. The number of thioether (sulfide) groups is 1. The molecule has 0 saturated carbocycles. The van der Waals surface area contributed by atoms with E-state index in [1.807, 2.05) is 0 Å². The van der Waals surface area contributed by atoms with Crippen molar-refractivity contribution in [1.29, 1.82) is 0 Å². The van der Waals surface area contributed by atoms with E-state index < -0.39 is 11.5 Å². The van der Waals surface area contributed by atoms with Crippen LogP contribution in [0.15, 0.2) is 45.7 Å². The highest BCUT2D eigenvalue weighted by atomic mass is 32.2. The van der Waals surface area contributed by atoms with Gasteiger partial charge in [0, 0.05) is 28.4 Å². The molecule has 1 amide bonds. The van der Waals surface area contributed by atoms with E-state index in [2.05, 4.69) is 10.3 Å². The van der Waals surface area contributed by atoms with Gasteiger partial charge in [-0.15, -0.1) is 23.1 Å². The first kappa shape index (κ1) is 15.3. The number of nitrogens with zero attached hydrogens (tertiary/aromatic N) is 2. The number of nitrogens with one attached hydrogen (secondary N) is 1. The summed E-state index contributed by atoms with van der Waals surface area (Å²) in [5, 5.41) is 4.59. The molecule has 122 valence electrons. The number of thiazole rings is 1. The number of hydrogen-bond donors (Lipinski definition) is 1. The van der Waals surface area contributed by atoms with Crippen LogP contribution in [0.25, 0.3) is 4.96 Å². The summed E-state index contributed by atoms with van der Waals surface area (Å²) in [4.78, 5) is 30.5. The number of rotatable bonds is 2. The zero-order chi connectivity index (χ0) is 16.7. The van der Waals surface area contributed by atoms with Gasteiger partial charge in [-0.3, -0.25) is 14.0 Å². The molecule has 0 fully saturated rings. The quantitative estimate of drug-likeness (QED) is 0.762. The number of hydrogen-bond acceptors (Lipinski definition) is 5. The van der Waals surface area contributed by atoms with E-state index >= 15 is 0 Å². The number of aromatic nitrogens is 2. The van der Waals surface area contributed by atoms with Gasteiger partial charge in [0.05, 0.1) is 6.04 Å². The minimum atomic E-state index is -0.486. The molecule has 0 radical (unpaired) electrons. The van der Waals surface area contributed by atoms with Crippen LogP contribution < -0.4 is 10.9 Å². The van der Waals surface area contributed by atoms with Crippen molar-refractivity contribution >= 4 is 34.0 Å². The molecule has 0 saturated heterocycles. The van der Waals surface area contributed by atoms with Crippen LogP contribution >= 0.6 is 23.1 Å². The molecule has 1 aliphatic heterocycles. The molecule has 2 aromatic heterocycles. The highest BCUT2D eigenvalue weighted by Gasteiger charge is 2.24. The molecule has 1 aromatic carbocycles. The van der Waals surface area contributed by atoms with Gasteiger partial charge in [-0.25, -0.2) is 9.37 Å². The number of benzene rings is 1. The van der Waals surface area contributed by atoms with Gasteiger partial charge in [-0.1, -0.05) is 0 Å². The molecule has 1 N–H and O–H groups in total. The van der Waals surface area contributed by atoms with Gasteiger partial charge < -0.3 is 5.32 Å². The monoisotopic (exact) mass is 361 g/mol. The Bertz CT molecular complexity index is 998. The maximum Gasteiger partial charge on any atom is 0.271 e. The fraction of sp³-hybridized carbons (Fsp3) is 0.188. The van der Waals surface area contributed by atoms with Gasteiger partial charge in [0.2, 0.25) is 0 Å². The van der Waals surface area contributed by atoms with Crippen molar-refractivity contribution in [1.82, 2.24) is 14.7 Å². The Balaban J connectivity index is 1.66. The van der Waals surface area contributed by atoms with Gasteiger partial charge in [-0.2, -0.15) is 0 Å². The molecule has 4 rings (SSSR count). The molecule has 24 heavy (non-hydrogen) atoms. The van der Waals surface area contributed by atoms with Crippen molar-refractivity contribution in [2.45, 2.75) is 17.4 Å². The van der Waals surface area contributed by atoms with Crippen LogP contribution in [0.2, 0.25) is 0 Å². The number of halogens is 1. The number of fused-ring (bicyclic) bond motifs is 2. The predicted octanol–water partition coefficient (Wildman–Crippen LogP) is 2.86. The van der Waals surface area contributed by atoms with E-state index in [0.717, 1.165) is 16.2 Å². The zero-order valence-corrected chi connectivity index (χ0v) is 14.0. The summed E-state index contributed by atoms with van der Waals surface area (Å²) in [7, 11) is 0. The molecule has 0 spiro atoms. The van der Waals surface area contributed by atoms with E-state index in [4.69, 9.17) is 0 Å². The minimum Gasteiger partial charge on any atom is -0.345 e. The first-order chi connectivity index (χ1) is 11.6. The Labute approximate surface area is 144 Å². The molecular formula is C16H12FN3O2S2. The maximum atomic E-state index is 13.5. The highest BCUT2D eigenvalue weighted by Crippen LogP contribution is 2.36. The van der Waals surface area contributed by atoms with Gasteiger partial charge in [0.15, 0.2) is 4.96 Å². The molecule has 3 heterocycles. The lowest BCUT2D eigenvalue weighted by Gasteiger charge is -2.25. The minimum absolute atomic E-state index is 0.0120. The summed E-state index contributed by atoms with van der Waals surface area (Å²) in [6.45, 7) is 0. The second-order valence-corrected chi connectivity index (χ2v) is 7.39. The second kappa shape index (κ2) is 6.03. The van der Waals surface area contributed by atoms with Gasteiger partial charge in [-0.05, 0) is 30.2 Å². The van der Waals surface area contributed by atoms with Crippen LogP contribution in [0.3, 0.4) is 0 Å². The average molecular weight is 361 g/mol. The van der Waals surface area contributed by atoms with E-state index in [0.29, 0.717) is 11.4 Å². The van der Waals surface area contributed by atoms with Crippen molar-refractivity contribution in [3.8, 4) is 0 Å². The van der Waals surface area contributed by atoms with Crippen molar-refractivity contribution in [2.24, 2.45) is 0 Å². The summed E-state index contributed by atoms with van der Waals surface area (Å²) in [6.07, 6.45) is 3.57. The first-order valence-corrected chi connectivity index (χ1v) is 9.18. The highest BCUT2D eigenvalue weighted by molar-refractivity contribution is 7.99. The van der Waals surface area contributed by atoms with Crippen LogP contribution in [-0.4, -0.2) is 21.0 Å². The third-order valence-corrected chi connectivity index (χ3v) is 5.80. The fourth-order valence-corrected chi connectivity index (χ4v) is 4.51. The number of carbonyl (C=O) groups excluding carboxylic acids is 1. The second-order valence-electron chi connectivity index (χ2n) is 5.38. The Kier molecular flexibility index (Phi) is 3.85. The van der Waals surface area contributed by atoms with Gasteiger partial charge in [0.1, 0.15) is 11.4 Å². The van der Waals surface area contributed by atoms with Gasteiger partial charge >= 0.3 is 0 Å². The Morgan fingerprint density at radius 1 is 1.42 bits per heavy atom. The lowest BCUT2D eigenvalue weighted by molar-refractivity contribution is 0.0933. The predicted molar refractivity (Wildman–Crippen MR) is 91.3 cm³/mol. The summed E-state index contributed by atoms with van der Waals surface area (Å²) < 4.78 is 14.9. The third kappa shape index (κ3) is 2.61. The molecule has 8 heteroatoms. The molecular weight excluding hydrogens is 349 g/mol. The molecule has 0 bridgehead atoms. The average Bonchev–Trinajstić information content (AvgIpc) is 3.05. The van der Waals surface area contributed by atoms with Crippen LogP contribution in [0.1, 0.15) is 28.4 Å². The maximum absolute atomic E-state index is 13.5. The first-order valence-electron chi connectivity index (χ1n) is 7.31. The largest absolute Gasteiger partial charge is 0.345 e. The van der Waals surface area contributed by atoms with Crippen LogP contribution in [0.5, 0.6) is 0 Å². The Morgan fingerprint density at radius 2 is 2.29 bits per heavy atom. The summed E-state index contributed by atoms with van der Waals surface area (Å²) in [6, 6.07) is 4.27. The van der Waals surface area contributed by atoms with Crippen molar-refractivity contribution < 1.29 is 9.18 Å². The van der Waals surface area contributed by atoms with E-state index in [1.165, 1.54) is 34.1 Å². The normalized spacial score (nSPS) is 16.8. The van der Waals surface area contributed by atoms with E-state index in [9.17, 15) is 14.0 Å². The zero-order valence-electron chi connectivity index (χ0n) is 12.4. The van der Waals surface area contributed by atoms with Gasteiger partial charge in [0.25, 0.3) is 11.5 Å². The summed E-state index contributed by atoms with van der Waals surface area (Å²) in [5.74, 6) is 0.00169. The third-order valence-electron chi connectivity index (χ3n) is 3.90. The summed E-state index contributed by atoms with van der Waals surface area (Å²) in [5.41, 5.74) is 0.342. The van der Waals surface area contributed by atoms with E-state index in [1.54, 1.807) is 29.4 Å². The molecule has 5 nitrogen and oxygen atoms in total. The molecule has 1 aliphatic rings. The lowest BCUT2D eigenvalue weighted by atomic mass is 10.0. The number of carbonyl (C=O) groups is 1. The topological polar surface area (TPSA) is 63.5 Å². The fourth-order valence-electron chi connectivity index (χ4n) is 2.73. The van der Waals surface area contributed by atoms with Crippen molar-refractivity contribution in [3.63, 3.8) is 0 Å². The molecule has 1 unspecified atom stereocenters. The standard InChI is InChI=1S/C16H12FN3O2S2/c17-9-1-2-13-10(7-9)12(3-5-23-13)19-14(21)11-8-18-16-20(15(11)22)4-6-24-16/h1-2,4,6-8,12H,3,5H2,(H,19,21). The lowest BCUT2D eigenvalue weighted by Crippen LogP contribution is -2.35. The molecule has 0 aliphatic carbocycles. The van der Waals surface area contributed by atoms with Crippen LogP contribution in [0, 0.1) is 5.82 Å². The SMILES string of the molecule is O=C(NC1CCSc2ccc(F)cc21)c1cnc2sccn2c1=O. The van der Waals surface area contributed by atoms with Crippen LogP contribution in [-0.2, 0) is 0 Å². The van der Waals surface area contributed by atoms with E-state index in [-0.39, 0.29) is 17.4 Å².